The Kier molecular flexibility index (Phi) is 3.78. The van der Waals surface area contributed by atoms with E-state index in [4.69, 9.17) is 10.2 Å². The van der Waals surface area contributed by atoms with Crippen molar-refractivity contribution in [1.82, 2.24) is 9.97 Å². The minimum Gasteiger partial charge on any atom is -0.477 e. The largest absolute Gasteiger partial charge is 0.477 e. The van der Waals surface area contributed by atoms with Crippen LogP contribution in [0.4, 0.5) is 0 Å². The Hall–Kier alpha value is -1.89. The van der Waals surface area contributed by atoms with Crippen LogP contribution in [-0.2, 0) is 6.42 Å². The standard InChI is InChI=1S/C7H8N2O4.H2O/c1-2-3-8-4(6(10)11)5(9-3)7(12)13;/h2H2,1H3,(H,8,9)(H,10,11)(H,12,13);1H2. The van der Waals surface area contributed by atoms with Crippen molar-refractivity contribution >= 4 is 11.9 Å². The highest BCUT2D eigenvalue weighted by molar-refractivity contribution is 5.98. The number of carboxylic acid groups (broad SMARTS) is 2. The molecule has 0 aliphatic heterocycles. The van der Waals surface area contributed by atoms with Gasteiger partial charge < -0.3 is 20.7 Å². The van der Waals surface area contributed by atoms with Gasteiger partial charge in [-0.1, -0.05) is 6.92 Å². The molecular weight excluding hydrogens is 192 g/mol. The molecule has 1 heterocycles. The van der Waals surface area contributed by atoms with Crippen molar-refractivity contribution < 1.29 is 25.3 Å². The summed E-state index contributed by atoms with van der Waals surface area (Å²) < 4.78 is 0. The second-order valence-electron chi connectivity index (χ2n) is 2.37. The molecule has 0 saturated carbocycles. The Morgan fingerprint density at radius 1 is 1.36 bits per heavy atom. The van der Waals surface area contributed by atoms with Crippen LogP contribution in [0.3, 0.4) is 0 Å². The number of aromatic nitrogens is 2. The second-order valence-corrected chi connectivity index (χ2v) is 2.37. The van der Waals surface area contributed by atoms with Crippen LogP contribution in [0.2, 0.25) is 0 Å². The number of carboxylic acids is 2. The van der Waals surface area contributed by atoms with E-state index in [9.17, 15) is 9.59 Å². The van der Waals surface area contributed by atoms with Gasteiger partial charge in [0.1, 0.15) is 5.82 Å². The molecule has 0 bridgehead atoms. The summed E-state index contributed by atoms with van der Waals surface area (Å²) in [6.45, 7) is 1.75. The topological polar surface area (TPSA) is 135 Å². The van der Waals surface area contributed by atoms with Gasteiger partial charge in [-0.25, -0.2) is 14.6 Å². The number of carbonyl (C=O) groups is 2. The predicted molar refractivity (Wildman–Crippen MR) is 45.5 cm³/mol. The molecule has 5 N–H and O–H groups in total. The fourth-order valence-corrected chi connectivity index (χ4v) is 0.899. The van der Waals surface area contributed by atoms with Crippen LogP contribution in [0.25, 0.3) is 0 Å². The Bertz CT molecular complexity index is 325. The van der Waals surface area contributed by atoms with Crippen molar-refractivity contribution in [2.75, 3.05) is 0 Å². The molecule has 1 rings (SSSR count). The molecule has 0 atom stereocenters. The van der Waals surface area contributed by atoms with E-state index < -0.39 is 17.6 Å². The quantitative estimate of drug-likeness (QED) is 0.609. The summed E-state index contributed by atoms with van der Waals surface area (Å²) in [6.07, 6.45) is 0.466. The first-order chi connectivity index (χ1) is 6.06. The lowest BCUT2D eigenvalue weighted by molar-refractivity contribution is 0.0644. The summed E-state index contributed by atoms with van der Waals surface area (Å²) in [7, 11) is 0. The van der Waals surface area contributed by atoms with Crippen LogP contribution in [0.1, 0.15) is 33.7 Å². The third-order valence-corrected chi connectivity index (χ3v) is 1.50. The molecule has 0 amide bonds. The van der Waals surface area contributed by atoms with Crippen LogP contribution in [0, 0.1) is 0 Å². The zero-order chi connectivity index (χ0) is 10.0. The molecule has 0 saturated heterocycles. The Morgan fingerprint density at radius 2 is 1.93 bits per heavy atom. The molecule has 0 radical (unpaired) electrons. The minimum atomic E-state index is -1.34. The summed E-state index contributed by atoms with van der Waals surface area (Å²) >= 11 is 0. The first kappa shape index (κ1) is 12.1. The SMILES string of the molecule is CCc1nc(C(=O)O)c(C(=O)O)[nH]1.O. The van der Waals surface area contributed by atoms with E-state index in [0.29, 0.717) is 12.2 Å². The highest BCUT2D eigenvalue weighted by atomic mass is 16.4. The Labute approximate surface area is 78.7 Å². The van der Waals surface area contributed by atoms with Crippen LogP contribution in [-0.4, -0.2) is 37.6 Å². The number of hydrogen-bond acceptors (Lipinski definition) is 3. The Morgan fingerprint density at radius 3 is 2.21 bits per heavy atom. The van der Waals surface area contributed by atoms with Gasteiger partial charge >= 0.3 is 11.9 Å². The fourth-order valence-electron chi connectivity index (χ4n) is 0.899. The van der Waals surface area contributed by atoms with Gasteiger partial charge in [-0.3, -0.25) is 0 Å². The highest BCUT2D eigenvalue weighted by Gasteiger charge is 2.20. The summed E-state index contributed by atoms with van der Waals surface area (Å²) in [4.78, 5) is 27.1. The van der Waals surface area contributed by atoms with Gasteiger partial charge in [0.2, 0.25) is 0 Å². The predicted octanol–water partition coefficient (Wildman–Crippen LogP) is -0.456. The maximum Gasteiger partial charge on any atom is 0.357 e. The number of imidazole rings is 1. The van der Waals surface area contributed by atoms with Crippen molar-refractivity contribution in [3.8, 4) is 0 Å². The molecule has 78 valence electrons. The number of aromatic carboxylic acids is 2. The molecule has 0 fully saturated rings. The molecule has 0 aromatic carbocycles. The zero-order valence-electron chi connectivity index (χ0n) is 7.37. The zero-order valence-corrected chi connectivity index (χ0v) is 7.37. The van der Waals surface area contributed by atoms with Gasteiger partial charge in [-0.15, -0.1) is 0 Å². The molecule has 1 aromatic rings. The van der Waals surface area contributed by atoms with E-state index >= 15 is 0 Å². The van der Waals surface area contributed by atoms with E-state index in [1.807, 2.05) is 0 Å². The molecule has 0 spiro atoms. The Balaban J connectivity index is 0.00000169. The van der Waals surface area contributed by atoms with Crippen LogP contribution < -0.4 is 0 Å². The van der Waals surface area contributed by atoms with E-state index in [2.05, 4.69) is 9.97 Å². The summed E-state index contributed by atoms with van der Waals surface area (Å²) in [5.74, 6) is -2.30. The van der Waals surface area contributed by atoms with E-state index in [1.54, 1.807) is 6.92 Å². The maximum atomic E-state index is 10.5. The molecular formula is C7H10N2O5. The third kappa shape index (κ3) is 2.07. The van der Waals surface area contributed by atoms with Crippen molar-refractivity contribution in [2.45, 2.75) is 13.3 Å². The third-order valence-electron chi connectivity index (χ3n) is 1.50. The van der Waals surface area contributed by atoms with Crippen molar-refractivity contribution in [1.29, 1.82) is 0 Å². The average molecular weight is 202 g/mol. The summed E-state index contributed by atoms with van der Waals surface area (Å²) in [5, 5.41) is 17.2. The van der Waals surface area contributed by atoms with Gasteiger partial charge in [0.05, 0.1) is 0 Å². The van der Waals surface area contributed by atoms with Crippen molar-refractivity contribution in [2.24, 2.45) is 0 Å². The number of aromatic amines is 1. The smallest absolute Gasteiger partial charge is 0.357 e. The summed E-state index contributed by atoms with van der Waals surface area (Å²) in [6, 6.07) is 0. The summed E-state index contributed by atoms with van der Waals surface area (Å²) in [5.41, 5.74) is -0.811. The van der Waals surface area contributed by atoms with Gasteiger partial charge in [-0.05, 0) is 0 Å². The molecule has 1 aromatic heterocycles. The van der Waals surface area contributed by atoms with Crippen molar-refractivity contribution in [3.63, 3.8) is 0 Å². The van der Waals surface area contributed by atoms with Crippen LogP contribution in [0.15, 0.2) is 0 Å². The molecule has 14 heavy (non-hydrogen) atoms. The number of nitrogens with one attached hydrogen (secondary N) is 1. The highest BCUT2D eigenvalue weighted by Crippen LogP contribution is 2.06. The number of hydrogen-bond donors (Lipinski definition) is 3. The van der Waals surface area contributed by atoms with Crippen LogP contribution >= 0.6 is 0 Å². The average Bonchev–Trinajstić information content (AvgIpc) is 2.47. The monoisotopic (exact) mass is 202 g/mol. The molecule has 7 nitrogen and oxygen atoms in total. The normalized spacial score (nSPS) is 9.21. The number of H-pyrrole nitrogens is 1. The number of nitrogens with zero attached hydrogens (tertiary/aromatic N) is 1. The van der Waals surface area contributed by atoms with E-state index in [-0.39, 0.29) is 11.2 Å². The number of rotatable bonds is 3. The fraction of sp³-hybridized carbons (Fsp3) is 0.286. The van der Waals surface area contributed by atoms with Gasteiger partial charge in [0.15, 0.2) is 11.4 Å². The van der Waals surface area contributed by atoms with E-state index in [0.717, 1.165) is 0 Å². The second kappa shape index (κ2) is 4.38. The maximum absolute atomic E-state index is 10.5. The lowest BCUT2D eigenvalue weighted by Gasteiger charge is -1.88. The van der Waals surface area contributed by atoms with Crippen LogP contribution in [0.5, 0.6) is 0 Å². The first-order valence-corrected chi connectivity index (χ1v) is 3.61. The lowest BCUT2D eigenvalue weighted by atomic mass is 10.3. The number of aryl methyl sites for hydroxylation is 1. The molecule has 0 unspecified atom stereocenters. The molecule has 7 heteroatoms. The molecule has 0 aliphatic carbocycles. The first-order valence-electron chi connectivity index (χ1n) is 3.61. The molecule has 0 aliphatic rings. The van der Waals surface area contributed by atoms with Crippen molar-refractivity contribution in [3.05, 3.63) is 17.2 Å². The minimum absolute atomic E-state index is 0. The van der Waals surface area contributed by atoms with E-state index in [1.165, 1.54) is 0 Å². The van der Waals surface area contributed by atoms with Gasteiger partial charge in [0, 0.05) is 6.42 Å². The van der Waals surface area contributed by atoms with Gasteiger partial charge in [-0.2, -0.15) is 0 Å². The van der Waals surface area contributed by atoms with Gasteiger partial charge in [0.25, 0.3) is 0 Å². The lowest BCUT2D eigenvalue weighted by Crippen LogP contribution is -2.07.